The first-order valence-corrected chi connectivity index (χ1v) is 10.3. The molecule has 0 unspecified atom stereocenters. The Hall–Kier alpha value is -3.22. The highest BCUT2D eigenvalue weighted by Crippen LogP contribution is 2.29. The molecule has 1 fully saturated rings. The third-order valence-corrected chi connectivity index (χ3v) is 5.22. The summed E-state index contributed by atoms with van der Waals surface area (Å²) in [6.07, 6.45) is 3.87. The van der Waals surface area contributed by atoms with Crippen LogP contribution in [0.5, 0.6) is 0 Å². The first-order chi connectivity index (χ1) is 14.4. The van der Waals surface area contributed by atoms with Crippen molar-refractivity contribution in [3.05, 3.63) is 47.7 Å². The molecule has 7 heteroatoms. The van der Waals surface area contributed by atoms with E-state index in [9.17, 15) is 9.59 Å². The number of aryl methyl sites for hydroxylation is 1. The minimum atomic E-state index is -0.419. The molecule has 0 radical (unpaired) electrons. The van der Waals surface area contributed by atoms with Crippen LogP contribution in [0.1, 0.15) is 48.7 Å². The molecule has 7 nitrogen and oxygen atoms in total. The normalized spacial score (nSPS) is 13.6. The van der Waals surface area contributed by atoms with Gasteiger partial charge in [-0.1, -0.05) is 29.8 Å². The number of benzene rings is 1. The summed E-state index contributed by atoms with van der Waals surface area (Å²) in [5.74, 6) is -0.275. The number of nitrogens with one attached hydrogen (secondary N) is 1. The minimum Gasteiger partial charge on any atom is -0.464 e. The highest BCUT2D eigenvalue weighted by molar-refractivity contribution is 6.07. The van der Waals surface area contributed by atoms with E-state index in [1.165, 1.54) is 0 Å². The predicted octanol–water partition coefficient (Wildman–Crippen LogP) is 3.67. The zero-order valence-electron chi connectivity index (χ0n) is 17.5. The average molecular weight is 406 g/mol. The van der Waals surface area contributed by atoms with Crippen molar-refractivity contribution in [1.29, 1.82) is 0 Å². The van der Waals surface area contributed by atoms with E-state index in [-0.39, 0.29) is 18.5 Å². The molecular weight excluding hydrogens is 380 g/mol. The predicted molar refractivity (Wildman–Crippen MR) is 114 cm³/mol. The molecule has 0 bridgehead atoms. The Labute approximate surface area is 175 Å². The third-order valence-electron chi connectivity index (χ3n) is 5.22. The zero-order chi connectivity index (χ0) is 21.3. The van der Waals surface area contributed by atoms with E-state index in [1.54, 1.807) is 16.9 Å². The number of hydrogen-bond donors (Lipinski definition) is 1. The van der Waals surface area contributed by atoms with Gasteiger partial charge < -0.3 is 10.1 Å². The largest absolute Gasteiger partial charge is 0.464 e. The molecule has 1 saturated carbocycles. The lowest BCUT2D eigenvalue weighted by atomic mass is 10.1. The van der Waals surface area contributed by atoms with Crippen LogP contribution in [0.15, 0.2) is 36.5 Å². The van der Waals surface area contributed by atoms with Gasteiger partial charge in [-0.3, -0.25) is 9.59 Å². The van der Waals surface area contributed by atoms with E-state index in [0.717, 1.165) is 24.0 Å². The van der Waals surface area contributed by atoms with Gasteiger partial charge in [-0.15, -0.1) is 0 Å². The highest BCUT2D eigenvalue weighted by atomic mass is 16.5. The van der Waals surface area contributed by atoms with Gasteiger partial charge in [0.25, 0.3) is 5.91 Å². The Morgan fingerprint density at radius 1 is 1.23 bits per heavy atom. The van der Waals surface area contributed by atoms with Gasteiger partial charge in [-0.25, -0.2) is 9.67 Å². The summed E-state index contributed by atoms with van der Waals surface area (Å²) in [6.45, 7) is 6.33. The van der Waals surface area contributed by atoms with Crippen molar-refractivity contribution >= 4 is 22.9 Å². The number of pyridine rings is 1. The summed E-state index contributed by atoms with van der Waals surface area (Å²) in [4.78, 5) is 29.6. The van der Waals surface area contributed by atoms with Crippen LogP contribution in [0.25, 0.3) is 22.3 Å². The van der Waals surface area contributed by atoms with E-state index in [0.29, 0.717) is 34.8 Å². The Balaban J connectivity index is 1.63. The van der Waals surface area contributed by atoms with Crippen LogP contribution >= 0.6 is 0 Å². The number of carbonyl (C=O) groups is 2. The molecule has 2 aromatic heterocycles. The fourth-order valence-electron chi connectivity index (χ4n) is 3.25. The van der Waals surface area contributed by atoms with E-state index in [2.05, 4.69) is 10.4 Å². The minimum absolute atomic E-state index is 0.0941. The van der Waals surface area contributed by atoms with Crippen molar-refractivity contribution in [2.75, 3.05) is 13.2 Å². The van der Waals surface area contributed by atoms with Crippen molar-refractivity contribution in [3.63, 3.8) is 0 Å². The molecule has 156 valence electrons. The lowest BCUT2D eigenvalue weighted by Gasteiger charge is -2.11. The third kappa shape index (κ3) is 4.35. The maximum Gasteiger partial charge on any atom is 0.325 e. The summed E-state index contributed by atoms with van der Waals surface area (Å²) < 4.78 is 7.00. The molecule has 1 aliphatic rings. The summed E-state index contributed by atoms with van der Waals surface area (Å²) in [6, 6.07) is 9.83. The lowest BCUT2D eigenvalue weighted by Crippen LogP contribution is -2.31. The second-order valence-electron chi connectivity index (χ2n) is 8.15. The number of esters is 1. The number of carbonyl (C=O) groups excluding carboxylic acids is 2. The second kappa shape index (κ2) is 8.26. The van der Waals surface area contributed by atoms with Gasteiger partial charge in [0, 0.05) is 11.6 Å². The van der Waals surface area contributed by atoms with E-state index in [4.69, 9.17) is 9.72 Å². The molecule has 0 saturated heterocycles. The molecule has 1 N–H and O–H groups in total. The van der Waals surface area contributed by atoms with Crippen molar-refractivity contribution in [3.8, 4) is 11.3 Å². The van der Waals surface area contributed by atoms with Gasteiger partial charge in [0.2, 0.25) is 0 Å². The second-order valence-corrected chi connectivity index (χ2v) is 8.15. The highest BCUT2D eigenvalue weighted by Gasteiger charge is 2.23. The molecular formula is C23H26N4O3. The van der Waals surface area contributed by atoms with Crippen molar-refractivity contribution in [2.45, 2.75) is 39.7 Å². The molecule has 1 aromatic carbocycles. The van der Waals surface area contributed by atoms with Crippen molar-refractivity contribution in [1.82, 2.24) is 20.1 Å². The monoisotopic (exact) mass is 406 g/mol. The number of amides is 1. The number of ether oxygens (including phenoxy) is 1. The number of aromatic nitrogens is 3. The zero-order valence-corrected chi connectivity index (χ0v) is 17.5. The lowest BCUT2D eigenvalue weighted by molar-refractivity contribution is -0.142. The average Bonchev–Trinajstić information content (AvgIpc) is 3.46. The maximum absolute atomic E-state index is 12.9. The number of rotatable bonds is 7. The molecule has 0 spiro atoms. The Bertz CT molecular complexity index is 1080. The fourth-order valence-corrected chi connectivity index (χ4v) is 3.25. The number of hydrogen-bond acceptors (Lipinski definition) is 5. The quantitative estimate of drug-likeness (QED) is 0.605. The summed E-state index contributed by atoms with van der Waals surface area (Å²) >= 11 is 0. The van der Waals surface area contributed by atoms with Crippen molar-refractivity contribution in [2.24, 2.45) is 5.92 Å². The smallest absolute Gasteiger partial charge is 0.325 e. The Kier molecular flexibility index (Phi) is 5.53. The van der Waals surface area contributed by atoms with Crippen LogP contribution in [0.2, 0.25) is 0 Å². The van der Waals surface area contributed by atoms with Gasteiger partial charge in [0.1, 0.15) is 6.54 Å². The Morgan fingerprint density at radius 3 is 2.63 bits per heavy atom. The fraction of sp³-hybridized carbons (Fsp3) is 0.391. The molecule has 0 aliphatic heterocycles. The van der Waals surface area contributed by atoms with Crippen LogP contribution < -0.4 is 5.32 Å². The SMILES string of the molecule is Cc1ccc(-c2cc(C(=O)NCC(=O)OCC3CC3)c3cnn(C(C)C)c3n2)cc1. The molecule has 1 aliphatic carbocycles. The van der Waals surface area contributed by atoms with Crippen LogP contribution in [0.4, 0.5) is 0 Å². The van der Waals surface area contributed by atoms with Crippen LogP contribution in [-0.4, -0.2) is 39.8 Å². The van der Waals surface area contributed by atoms with E-state index >= 15 is 0 Å². The molecule has 1 amide bonds. The topological polar surface area (TPSA) is 86.1 Å². The maximum atomic E-state index is 12.9. The van der Waals surface area contributed by atoms with E-state index < -0.39 is 5.97 Å². The summed E-state index contributed by atoms with van der Waals surface area (Å²) in [5.41, 5.74) is 3.83. The first-order valence-electron chi connectivity index (χ1n) is 10.3. The number of fused-ring (bicyclic) bond motifs is 1. The standard InChI is InChI=1S/C23H26N4O3/c1-14(2)27-22-19(11-25-27)18(10-20(26-22)17-8-4-15(3)5-9-17)23(29)24-12-21(28)30-13-16-6-7-16/h4-5,8-11,14,16H,6-7,12-13H2,1-3H3,(H,24,29). The number of nitrogens with zero attached hydrogens (tertiary/aromatic N) is 3. The van der Waals surface area contributed by atoms with Gasteiger partial charge in [-0.05, 0) is 45.6 Å². The molecule has 3 aromatic rings. The molecule has 2 heterocycles. The summed E-state index contributed by atoms with van der Waals surface area (Å²) in [7, 11) is 0. The van der Waals surface area contributed by atoms with Gasteiger partial charge in [0.05, 0.1) is 29.4 Å². The Morgan fingerprint density at radius 2 is 1.97 bits per heavy atom. The van der Waals surface area contributed by atoms with Gasteiger partial charge >= 0.3 is 5.97 Å². The van der Waals surface area contributed by atoms with Gasteiger partial charge in [0.15, 0.2) is 5.65 Å². The van der Waals surface area contributed by atoms with Crippen LogP contribution in [0, 0.1) is 12.8 Å². The molecule has 0 atom stereocenters. The molecule has 30 heavy (non-hydrogen) atoms. The summed E-state index contributed by atoms with van der Waals surface area (Å²) in [5, 5.41) is 7.76. The van der Waals surface area contributed by atoms with Crippen molar-refractivity contribution < 1.29 is 14.3 Å². The molecule has 4 rings (SSSR count). The van der Waals surface area contributed by atoms with Crippen LogP contribution in [0.3, 0.4) is 0 Å². The first kappa shape index (κ1) is 20.1. The van der Waals surface area contributed by atoms with Gasteiger partial charge in [-0.2, -0.15) is 5.10 Å². The van der Waals surface area contributed by atoms with E-state index in [1.807, 2.05) is 45.0 Å². The van der Waals surface area contributed by atoms with Crippen LogP contribution in [-0.2, 0) is 9.53 Å².